The van der Waals surface area contributed by atoms with Crippen molar-refractivity contribution in [3.8, 4) is 17.2 Å². The molecule has 1 aromatic heterocycles. The lowest BCUT2D eigenvalue weighted by molar-refractivity contribution is -0.140. The second-order valence-electron chi connectivity index (χ2n) is 9.45. The molecule has 0 radical (unpaired) electrons. The van der Waals surface area contributed by atoms with Crippen LogP contribution in [0.4, 0.5) is 0 Å². The number of methoxy groups -OCH3 is 2. The SMILES string of the molecule is COc1ccc(OC)c([C@H]2/C(=C(\O)c3cnn(-c4ccccc4)c3C)C(=O)C(=O)N2CCN2CCOCC2)c1. The molecule has 0 bridgehead atoms. The number of ketones is 1. The molecule has 1 atom stereocenters. The van der Waals surface area contributed by atoms with Crippen molar-refractivity contribution in [3.63, 3.8) is 0 Å². The standard InChI is InChI=1S/C29H32N4O6/c1-19-23(18-30-33(19)20-7-5-4-6-8-20)27(34)25-26(22-17-21(37-2)9-10-24(22)38-3)32(29(36)28(25)35)12-11-31-13-15-39-16-14-31/h4-10,17-18,26,34H,11-16H2,1-3H3/b27-25+/t26-/m0/s1. The van der Waals surface area contributed by atoms with Crippen molar-refractivity contribution in [2.24, 2.45) is 0 Å². The number of Topliss-reactive ketones (excluding diaryl/α,β-unsaturated/α-hetero) is 1. The molecule has 2 aliphatic rings. The number of benzene rings is 2. The number of ether oxygens (including phenoxy) is 3. The zero-order valence-electron chi connectivity index (χ0n) is 22.3. The van der Waals surface area contributed by atoms with Gasteiger partial charge >= 0.3 is 0 Å². The Morgan fingerprint density at radius 2 is 1.79 bits per heavy atom. The molecular formula is C29H32N4O6. The zero-order chi connectivity index (χ0) is 27.5. The predicted molar refractivity (Wildman–Crippen MR) is 144 cm³/mol. The van der Waals surface area contributed by atoms with Crippen molar-refractivity contribution in [2.75, 3.05) is 53.6 Å². The summed E-state index contributed by atoms with van der Waals surface area (Å²) in [6.07, 6.45) is 1.51. The molecule has 0 saturated carbocycles. The minimum atomic E-state index is -0.879. The molecule has 39 heavy (non-hydrogen) atoms. The Bertz CT molecular complexity index is 1390. The molecule has 1 amide bonds. The number of para-hydroxylation sites is 1. The molecule has 0 unspecified atom stereocenters. The quantitative estimate of drug-likeness (QED) is 0.268. The Morgan fingerprint density at radius 1 is 1.05 bits per heavy atom. The van der Waals surface area contributed by atoms with Crippen molar-refractivity contribution in [1.29, 1.82) is 0 Å². The Balaban J connectivity index is 1.62. The minimum absolute atomic E-state index is 0.00996. The van der Waals surface area contributed by atoms with E-state index < -0.39 is 17.7 Å². The van der Waals surface area contributed by atoms with E-state index in [2.05, 4.69) is 10.00 Å². The van der Waals surface area contributed by atoms with Gasteiger partial charge in [0.15, 0.2) is 0 Å². The van der Waals surface area contributed by atoms with Gasteiger partial charge in [0.25, 0.3) is 11.7 Å². The molecule has 0 spiro atoms. The largest absolute Gasteiger partial charge is 0.507 e. The first-order valence-corrected chi connectivity index (χ1v) is 12.9. The lowest BCUT2D eigenvalue weighted by atomic mass is 9.94. The van der Waals surface area contributed by atoms with E-state index in [9.17, 15) is 14.7 Å². The van der Waals surface area contributed by atoms with Crippen LogP contribution in [0.3, 0.4) is 0 Å². The monoisotopic (exact) mass is 532 g/mol. The Labute approximate surface area is 227 Å². The van der Waals surface area contributed by atoms with Gasteiger partial charge in [0, 0.05) is 31.7 Å². The number of nitrogens with zero attached hydrogens (tertiary/aromatic N) is 4. The highest BCUT2D eigenvalue weighted by molar-refractivity contribution is 6.46. The van der Waals surface area contributed by atoms with E-state index in [1.54, 1.807) is 30.0 Å². The maximum Gasteiger partial charge on any atom is 0.295 e. The van der Waals surface area contributed by atoms with Gasteiger partial charge in [0.2, 0.25) is 0 Å². The molecule has 2 aliphatic heterocycles. The number of aromatic nitrogens is 2. The average Bonchev–Trinajstić information content (AvgIpc) is 3.48. The second kappa shape index (κ2) is 11.3. The maximum absolute atomic E-state index is 13.6. The number of amides is 1. The van der Waals surface area contributed by atoms with Crippen LogP contribution in [0.1, 0.15) is 22.9 Å². The van der Waals surface area contributed by atoms with Crippen LogP contribution < -0.4 is 9.47 Å². The Kier molecular flexibility index (Phi) is 7.67. The number of carbonyl (C=O) groups is 2. The first kappa shape index (κ1) is 26.5. The topological polar surface area (TPSA) is 106 Å². The minimum Gasteiger partial charge on any atom is -0.507 e. The van der Waals surface area contributed by atoms with Crippen LogP contribution in [0.5, 0.6) is 11.5 Å². The van der Waals surface area contributed by atoms with Crippen LogP contribution in [0, 0.1) is 6.92 Å². The molecule has 10 heteroatoms. The van der Waals surface area contributed by atoms with Crippen molar-refractivity contribution >= 4 is 17.4 Å². The summed E-state index contributed by atoms with van der Waals surface area (Å²) in [6.45, 7) is 5.39. The number of hydrogen-bond donors (Lipinski definition) is 1. The summed E-state index contributed by atoms with van der Waals surface area (Å²) in [7, 11) is 3.07. The summed E-state index contributed by atoms with van der Waals surface area (Å²) >= 11 is 0. The lowest BCUT2D eigenvalue weighted by Crippen LogP contribution is -2.42. The van der Waals surface area contributed by atoms with Gasteiger partial charge in [-0.1, -0.05) is 18.2 Å². The molecule has 2 saturated heterocycles. The molecular weight excluding hydrogens is 500 g/mol. The Hall–Kier alpha value is -4.15. The number of likely N-dealkylation sites (tertiary alicyclic amines) is 1. The van der Waals surface area contributed by atoms with Crippen molar-refractivity contribution in [2.45, 2.75) is 13.0 Å². The number of aliphatic hydroxyl groups is 1. The fraction of sp³-hybridized carbons (Fsp3) is 0.345. The number of aliphatic hydroxyl groups excluding tert-OH is 1. The number of rotatable bonds is 8. The fourth-order valence-electron chi connectivity index (χ4n) is 5.18. The van der Waals surface area contributed by atoms with Crippen LogP contribution in [0.2, 0.25) is 0 Å². The average molecular weight is 533 g/mol. The van der Waals surface area contributed by atoms with Crippen molar-refractivity contribution in [1.82, 2.24) is 19.6 Å². The summed E-state index contributed by atoms with van der Waals surface area (Å²) in [5.74, 6) is -0.694. The first-order valence-electron chi connectivity index (χ1n) is 12.9. The van der Waals surface area contributed by atoms with E-state index in [4.69, 9.17) is 14.2 Å². The highest BCUT2D eigenvalue weighted by Gasteiger charge is 2.47. The highest BCUT2D eigenvalue weighted by atomic mass is 16.5. The molecule has 2 fully saturated rings. The van der Waals surface area contributed by atoms with Gasteiger partial charge in [-0.3, -0.25) is 14.5 Å². The molecule has 3 heterocycles. The predicted octanol–water partition coefficient (Wildman–Crippen LogP) is 2.95. The zero-order valence-corrected chi connectivity index (χ0v) is 22.3. The van der Waals surface area contributed by atoms with E-state index in [1.807, 2.05) is 37.3 Å². The summed E-state index contributed by atoms with van der Waals surface area (Å²) in [6, 6.07) is 13.8. The third-order valence-corrected chi connectivity index (χ3v) is 7.30. The van der Waals surface area contributed by atoms with Crippen LogP contribution in [-0.2, 0) is 14.3 Å². The fourth-order valence-corrected chi connectivity index (χ4v) is 5.18. The van der Waals surface area contributed by atoms with Crippen LogP contribution in [-0.4, -0.2) is 90.0 Å². The summed E-state index contributed by atoms with van der Waals surface area (Å²) < 4.78 is 18.2. The third-order valence-electron chi connectivity index (χ3n) is 7.30. The smallest absolute Gasteiger partial charge is 0.295 e. The van der Waals surface area contributed by atoms with Gasteiger partial charge in [-0.25, -0.2) is 4.68 Å². The van der Waals surface area contributed by atoms with Gasteiger partial charge in [0.1, 0.15) is 17.3 Å². The van der Waals surface area contributed by atoms with Crippen molar-refractivity contribution < 1.29 is 28.9 Å². The normalized spacial score (nSPS) is 19.5. The van der Waals surface area contributed by atoms with Gasteiger partial charge in [-0.15, -0.1) is 0 Å². The van der Waals surface area contributed by atoms with E-state index in [-0.39, 0.29) is 17.9 Å². The molecule has 1 N–H and O–H groups in total. The van der Waals surface area contributed by atoms with Gasteiger partial charge in [0.05, 0.1) is 62.2 Å². The van der Waals surface area contributed by atoms with Crippen LogP contribution >= 0.6 is 0 Å². The number of morpholine rings is 1. The molecule has 10 nitrogen and oxygen atoms in total. The van der Waals surface area contributed by atoms with E-state index in [1.165, 1.54) is 18.2 Å². The van der Waals surface area contributed by atoms with Crippen molar-refractivity contribution in [3.05, 3.63) is 77.1 Å². The van der Waals surface area contributed by atoms with E-state index in [0.717, 1.165) is 18.8 Å². The van der Waals surface area contributed by atoms with Crippen LogP contribution in [0.15, 0.2) is 60.3 Å². The number of hydrogen-bond acceptors (Lipinski definition) is 8. The maximum atomic E-state index is 13.6. The van der Waals surface area contributed by atoms with Gasteiger partial charge in [-0.2, -0.15) is 5.10 Å². The molecule has 2 aromatic carbocycles. The molecule has 0 aliphatic carbocycles. The van der Waals surface area contributed by atoms with Gasteiger partial charge in [-0.05, 0) is 37.3 Å². The van der Waals surface area contributed by atoms with Gasteiger partial charge < -0.3 is 24.2 Å². The summed E-state index contributed by atoms with van der Waals surface area (Å²) in [4.78, 5) is 30.7. The van der Waals surface area contributed by atoms with E-state index >= 15 is 0 Å². The molecule has 5 rings (SSSR count). The second-order valence-corrected chi connectivity index (χ2v) is 9.45. The number of carbonyl (C=O) groups excluding carboxylic acids is 2. The highest BCUT2D eigenvalue weighted by Crippen LogP contribution is 2.44. The van der Waals surface area contributed by atoms with E-state index in [0.29, 0.717) is 48.1 Å². The summed E-state index contributed by atoms with van der Waals surface area (Å²) in [5.41, 5.74) is 2.36. The summed E-state index contributed by atoms with van der Waals surface area (Å²) in [5, 5.41) is 16.1. The Morgan fingerprint density at radius 3 is 2.49 bits per heavy atom. The third kappa shape index (κ3) is 5.00. The van der Waals surface area contributed by atoms with Crippen LogP contribution in [0.25, 0.3) is 11.4 Å². The molecule has 3 aromatic rings. The first-order chi connectivity index (χ1) is 18.9. The lowest BCUT2D eigenvalue weighted by Gasteiger charge is -2.31. The molecule has 204 valence electrons.